The monoisotopic (exact) mass is 403 g/mol. The van der Waals surface area contributed by atoms with Gasteiger partial charge in [0.25, 0.3) is 0 Å². The van der Waals surface area contributed by atoms with Gasteiger partial charge in [-0.3, -0.25) is 4.79 Å². The van der Waals surface area contributed by atoms with Crippen LogP contribution in [0.4, 0.5) is 5.13 Å². The molecule has 1 aromatic carbocycles. The maximum atomic E-state index is 12.7. The predicted molar refractivity (Wildman–Crippen MR) is 113 cm³/mol. The summed E-state index contributed by atoms with van der Waals surface area (Å²) in [4.78, 5) is 21.6. The third-order valence-electron chi connectivity index (χ3n) is 4.76. The van der Waals surface area contributed by atoms with E-state index in [2.05, 4.69) is 20.4 Å². The zero-order chi connectivity index (χ0) is 20.0. The van der Waals surface area contributed by atoms with E-state index in [-0.39, 0.29) is 12.5 Å². The molecule has 0 fully saturated rings. The zero-order valence-corrected chi connectivity index (χ0v) is 16.7. The Morgan fingerprint density at radius 3 is 2.90 bits per heavy atom. The van der Waals surface area contributed by atoms with Gasteiger partial charge in [-0.2, -0.15) is 5.10 Å². The number of carbonyl (C=O) groups excluding carboxylic acids is 1. The van der Waals surface area contributed by atoms with Crippen LogP contribution >= 0.6 is 11.3 Å². The Morgan fingerprint density at radius 1 is 1.21 bits per heavy atom. The Hall–Kier alpha value is -3.52. The first-order chi connectivity index (χ1) is 14.1. The number of pyridine rings is 1. The second-order valence-corrected chi connectivity index (χ2v) is 7.80. The standard InChI is InChI=1S/C21H17N5O2S/c1-12-5-3-7-16-19(12)24-21(29-16)23-17(27)11-26-20-18(13(2)25-26)14(8-9-22-20)15-6-4-10-28-15/h3-10H,11H2,1-2H3,(H,23,24,27). The van der Waals surface area contributed by atoms with Gasteiger partial charge >= 0.3 is 0 Å². The van der Waals surface area contributed by atoms with Gasteiger partial charge in [0, 0.05) is 11.8 Å². The Labute approximate surface area is 170 Å². The van der Waals surface area contributed by atoms with Crippen LogP contribution in [-0.2, 0) is 11.3 Å². The molecular weight excluding hydrogens is 386 g/mol. The highest BCUT2D eigenvalue weighted by molar-refractivity contribution is 7.22. The van der Waals surface area contributed by atoms with Gasteiger partial charge in [0.2, 0.25) is 5.91 Å². The van der Waals surface area contributed by atoms with Crippen LogP contribution in [0.2, 0.25) is 0 Å². The Balaban J connectivity index is 1.45. The lowest BCUT2D eigenvalue weighted by Gasteiger charge is -2.04. The topological polar surface area (TPSA) is 85.8 Å². The molecule has 1 amide bonds. The van der Waals surface area contributed by atoms with Gasteiger partial charge in [0.1, 0.15) is 12.3 Å². The summed E-state index contributed by atoms with van der Waals surface area (Å²) >= 11 is 1.46. The molecule has 4 aromatic heterocycles. The summed E-state index contributed by atoms with van der Waals surface area (Å²) in [6.07, 6.45) is 3.33. The summed E-state index contributed by atoms with van der Waals surface area (Å²) in [5.74, 6) is 0.547. The first-order valence-electron chi connectivity index (χ1n) is 9.12. The highest BCUT2D eigenvalue weighted by Crippen LogP contribution is 2.30. The van der Waals surface area contributed by atoms with Crippen molar-refractivity contribution in [3.05, 3.63) is 60.1 Å². The summed E-state index contributed by atoms with van der Waals surface area (Å²) in [6.45, 7) is 3.96. The van der Waals surface area contributed by atoms with E-state index in [4.69, 9.17) is 4.42 Å². The van der Waals surface area contributed by atoms with Crippen molar-refractivity contribution >= 4 is 43.6 Å². The van der Waals surface area contributed by atoms with Crippen LogP contribution in [0.1, 0.15) is 11.3 Å². The number of aryl methyl sites for hydroxylation is 2. The van der Waals surface area contributed by atoms with E-state index in [0.717, 1.165) is 38.2 Å². The molecule has 8 heteroatoms. The summed E-state index contributed by atoms with van der Waals surface area (Å²) in [7, 11) is 0. The van der Waals surface area contributed by atoms with Crippen LogP contribution in [0.15, 0.2) is 53.3 Å². The van der Waals surface area contributed by atoms with Gasteiger partial charge in [-0.1, -0.05) is 23.5 Å². The van der Waals surface area contributed by atoms with Crippen molar-refractivity contribution in [1.82, 2.24) is 19.7 Å². The smallest absolute Gasteiger partial charge is 0.247 e. The highest BCUT2D eigenvalue weighted by atomic mass is 32.1. The second-order valence-electron chi connectivity index (χ2n) is 6.77. The van der Waals surface area contributed by atoms with Crippen molar-refractivity contribution in [1.29, 1.82) is 0 Å². The van der Waals surface area contributed by atoms with Gasteiger partial charge in [-0.15, -0.1) is 0 Å². The minimum absolute atomic E-state index is 0.0495. The third kappa shape index (κ3) is 3.07. The molecule has 0 saturated carbocycles. The molecule has 0 aliphatic carbocycles. The van der Waals surface area contributed by atoms with Crippen LogP contribution in [0, 0.1) is 13.8 Å². The van der Waals surface area contributed by atoms with Crippen LogP contribution < -0.4 is 5.32 Å². The molecule has 0 aliphatic heterocycles. The van der Waals surface area contributed by atoms with Crippen molar-refractivity contribution in [3.63, 3.8) is 0 Å². The number of aromatic nitrogens is 4. The molecule has 0 spiro atoms. The number of hydrogen-bond donors (Lipinski definition) is 1. The first kappa shape index (κ1) is 17.6. The van der Waals surface area contributed by atoms with E-state index in [1.807, 2.05) is 50.2 Å². The molecule has 0 radical (unpaired) electrons. The number of anilines is 1. The molecule has 0 bridgehead atoms. The average Bonchev–Trinajstić information content (AvgIpc) is 3.42. The molecular formula is C21H17N5O2S. The fourth-order valence-corrected chi connectivity index (χ4v) is 4.42. The quantitative estimate of drug-likeness (QED) is 0.475. The summed E-state index contributed by atoms with van der Waals surface area (Å²) in [6, 6.07) is 11.6. The molecule has 0 aliphatic rings. The molecule has 5 aromatic rings. The normalized spacial score (nSPS) is 11.4. The van der Waals surface area contributed by atoms with Gasteiger partial charge in [-0.25, -0.2) is 14.6 Å². The van der Waals surface area contributed by atoms with Crippen LogP contribution in [-0.4, -0.2) is 25.7 Å². The van der Waals surface area contributed by atoms with Gasteiger partial charge in [0.05, 0.1) is 27.6 Å². The molecule has 0 atom stereocenters. The number of furan rings is 1. The minimum Gasteiger partial charge on any atom is -0.464 e. The fraction of sp³-hybridized carbons (Fsp3) is 0.143. The minimum atomic E-state index is -0.198. The summed E-state index contributed by atoms with van der Waals surface area (Å²) in [5, 5.41) is 8.88. The van der Waals surface area contributed by atoms with Crippen molar-refractivity contribution in [3.8, 4) is 11.3 Å². The molecule has 1 N–H and O–H groups in total. The van der Waals surface area contributed by atoms with E-state index in [0.29, 0.717) is 10.8 Å². The maximum absolute atomic E-state index is 12.7. The van der Waals surface area contributed by atoms with Gasteiger partial charge in [0.15, 0.2) is 10.8 Å². The lowest BCUT2D eigenvalue weighted by molar-refractivity contribution is -0.116. The van der Waals surface area contributed by atoms with Crippen LogP contribution in [0.25, 0.3) is 32.6 Å². The van der Waals surface area contributed by atoms with Crippen LogP contribution in [0.5, 0.6) is 0 Å². The number of benzene rings is 1. The zero-order valence-electron chi connectivity index (χ0n) is 15.8. The van der Waals surface area contributed by atoms with E-state index < -0.39 is 0 Å². The summed E-state index contributed by atoms with van der Waals surface area (Å²) < 4.78 is 8.20. The number of hydrogen-bond acceptors (Lipinski definition) is 6. The SMILES string of the molecule is Cc1cccc2sc(NC(=O)Cn3nc(C)c4c(-c5ccco5)ccnc43)nc12. The molecule has 144 valence electrons. The van der Waals surface area contributed by atoms with E-state index in [9.17, 15) is 4.79 Å². The van der Waals surface area contributed by atoms with Crippen LogP contribution in [0.3, 0.4) is 0 Å². The maximum Gasteiger partial charge on any atom is 0.247 e. The highest BCUT2D eigenvalue weighted by Gasteiger charge is 2.17. The number of rotatable bonds is 4. The van der Waals surface area contributed by atoms with Crippen molar-refractivity contribution < 1.29 is 9.21 Å². The number of carbonyl (C=O) groups is 1. The van der Waals surface area contributed by atoms with Gasteiger partial charge < -0.3 is 9.73 Å². The van der Waals surface area contributed by atoms with Crippen molar-refractivity contribution in [2.45, 2.75) is 20.4 Å². The molecule has 0 unspecified atom stereocenters. The molecule has 0 saturated heterocycles. The first-order valence-corrected chi connectivity index (χ1v) is 9.94. The Kier molecular flexibility index (Phi) is 4.13. The number of amides is 1. The van der Waals surface area contributed by atoms with E-state index in [1.165, 1.54) is 11.3 Å². The predicted octanol–water partition coefficient (Wildman–Crippen LogP) is 4.56. The van der Waals surface area contributed by atoms with Crippen molar-refractivity contribution in [2.24, 2.45) is 0 Å². The number of para-hydroxylation sites is 1. The number of nitrogens with one attached hydrogen (secondary N) is 1. The Bertz CT molecular complexity index is 1350. The molecule has 5 rings (SSSR count). The molecule has 29 heavy (non-hydrogen) atoms. The van der Waals surface area contributed by atoms with Gasteiger partial charge in [-0.05, 0) is 43.7 Å². The summed E-state index contributed by atoms with van der Waals surface area (Å²) in [5.41, 5.74) is 4.35. The second kappa shape index (κ2) is 6.82. The number of fused-ring (bicyclic) bond motifs is 2. The van der Waals surface area contributed by atoms with E-state index >= 15 is 0 Å². The molecule has 4 heterocycles. The lowest BCUT2D eigenvalue weighted by atomic mass is 10.1. The number of nitrogens with zero attached hydrogens (tertiary/aromatic N) is 4. The van der Waals surface area contributed by atoms with E-state index in [1.54, 1.807) is 17.1 Å². The molecule has 7 nitrogen and oxygen atoms in total. The lowest BCUT2D eigenvalue weighted by Crippen LogP contribution is -2.19. The largest absolute Gasteiger partial charge is 0.464 e. The fourth-order valence-electron chi connectivity index (χ4n) is 3.46. The Morgan fingerprint density at radius 2 is 2.10 bits per heavy atom. The third-order valence-corrected chi connectivity index (χ3v) is 5.69. The average molecular weight is 403 g/mol. The van der Waals surface area contributed by atoms with Crippen molar-refractivity contribution in [2.75, 3.05) is 5.32 Å². The number of thiazole rings is 1.